The Morgan fingerprint density at radius 2 is 1.38 bits per heavy atom. The number of nitrogens with one attached hydrogen (secondary N) is 2. The summed E-state index contributed by atoms with van der Waals surface area (Å²) in [4.78, 5) is 34.5. The monoisotopic (exact) mass is 456 g/mol. The van der Waals surface area contributed by atoms with Gasteiger partial charge in [-0.05, 0) is 47.5 Å². The first-order valence-corrected chi connectivity index (χ1v) is 10.4. The topological polar surface area (TPSA) is 127 Å². The van der Waals surface area contributed by atoms with Gasteiger partial charge >= 0.3 is 0 Å². The smallest absolute Gasteiger partial charge is 0.299 e. The predicted octanol–water partition coefficient (Wildman–Crippen LogP) is 6.08. The molecule has 1 unspecified atom stereocenters. The molecule has 0 heterocycles. The zero-order valence-electron chi connectivity index (χ0n) is 18.1. The first kappa shape index (κ1) is 22.4. The molecule has 0 aliphatic carbocycles. The fourth-order valence-corrected chi connectivity index (χ4v) is 3.67. The van der Waals surface area contributed by atoms with Crippen molar-refractivity contribution >= 4 is 39.4 Å². The van der Waals surface area contributed by atoms with Crippen LogP contribution in [-0.2, 0) is 0 Å². The Hall–Kier alpha value is -4.79. The summed E-state index contributed by atoms with van der Waals surface area (Å²) in [6.07, 6.45) is 0. The minimum atomic E-state index is -0.760. The van der Waals surface area contributed by atoms with Crippen molar-refractivity contribution in [2.24, 2.45) is 0 Å². The number of nitro groups is 2. The van der Waals surface area contributed by atoms with Crippen molar-refractivity contribution in [2.45, 2.75) is 13.0 Å². The molecule has 0 radical (unpaired) electrons. The van der Waals surface area contributed by atoms with Crippen LogP contribution in [0.1, 0.15) is 28.9 Å². The first-order valence-electron chi connectivity index (χ1n) is 10.4. The predicted molar refractivity (Wildman–Crippen MR) is 130 cm³/mol. The van der Waals surface area contributed by atoms with E-state index < -0.39 is 27.1 Å². The number of amides is 1. The Bertz CT molecular complexity index is 1410. The fraction of sp³-hybridized carbons (Fsp3) is 0.0800. The minimum Gasteiger partial charge on any atom is -0.373 e. The standard InChI is InChI=1S/C25H20N4O5/c1-16(19-12-11-17-7-5-6-10-20(17)13-19)26-21-14-22(24(29(33)34)15-23(21)28(31)32)27-25(30)18-8-3-2-4-9-18/h2-16,26H,1H3,(H,27,30). The molecule has 0 aliphatic heterocycles. The first-order chi connectivity index (χ1) is 16.3. The Labute approximate surface area is 194 Å². The Kier molecular flexibility index (Phi) is 6.18. The summed E-state index contributed by atoms with van der Waals surface area (Å²) in [5.74, 6) is -0.564. The molecule has 9 heteroatoms. The molecule has 2 N–H and O–H groups in total. The molecule has 0 bridgehead atoms. The number of hydrogen-bond donors (Lipinski definition) is 2. The molecule has 0 saturated heterocycles. The highest BCUT2D eigenvalue weighted by Gasteiger charge is 2.27. The third-order valence-corrected chi connectivity index (χ3v) is 5.44. The van der Waals surface area contributed by atoms with Gasteiger partial charge in [0.15, 0.2) is 0 Å². The highest BCUT2D eigenvalue weighted by molar-refractivity contribution is 6.06. The summed E-state index contributed by atoms with van der Waals surface area (Å²) in [6, 6.07) is 23.6. The van der Waals surface area contributed by atoms with Gasteiger partial charge < -0.3 is 10.6 Å². The van der Waals surface area contributed by atoms with Gasteiger partial charge in [0.05, 0.1) is 15.9 Å². The Morgan fingerprint density at radius 3 is 2.06 bits per heavy atom. The number of nitro benzene ring substituents is 2. The highest BCUT2D eigenvalue weighted by Crippen LogP contribution is 2.38. The van der Waals surface area contributed by atoms with Gasteiger partial charge in [0.1, 0.15) is 11.4 Å². The number of rotatable bonds is 7. The molecule has 34 heavy (non-hydrogen) atoms. The largest absolute Gasteiger partial charge is 0.373 e. The lowest BCUT2D eigenvalue weighted by Gasteiger charge is -2.17. The zero-order valence-corrected chi connectivity index (χ0v) is 18.1. The third-order valence-electron chi connectivity index (χ3n) is 5.44. The summed E-state index contributed by atoms with van der Waals surface area (Å²) >= 11 is 0. The van der Waals surface area contributed by atoms with Crippen LogP contribution in [-0.4, -0.2) is 15.8 Å². The van der Waals surface area contributed by atoms with E-state index in [0.29, 0.717) is 5.56 Å². The molecule has 0 aliphatic rings. The Balaban J connectivity index is 1.71. The van der Waals surface area contributed by atoms with Crippen LogP contribution < -0.4 is 10.6 Å². The van der Waals surface area contributed by atoms with E-state index >= 15 is 0 Å². The molecule has 1 amide bonds. The summed E-state index contributed by atoms with van der Waals surface area (Å²) < 4.78 is 0. The quantitative estimate of drug-likeness (QED) is 0.256. The number of carbonyl (C=O) groups is 1. The van der Waals surface area contributed by atoms with E-state index in [2.05, 4.69) is 10.6 Å². The maximum absolute atomic E-state index is 12.6. The second-order valence-electron chi connectivity index (χ2n) is 7.69. The maximum atomic E-state index is 12.6. The van der Waals surface area contributed by atoms with Crippen molar-refractivity contribution in [1.29, 1.82) is 0 Å². The van der Waals surface area contributed by atoms with Crippen LogP contribution in [0.5, 0.6) is 0 Å². The molecule has 4 aromatic carbocycles. The van der Waals surface area contributed by atoms with Crippen LogP contribution >= 0.6 is 0 Å². The lowest BCUT2D eigenvalue weighted by Crippen LogP contribution is -2.14. The lowest BCUT2D eigenvalue weighted by molar-refractivity contribution is -0.393. The van der Waals surface area contributed by atoms with E-state index in [4.69, 9.17) is 0 Å². The second-order valence-corrected chi connectivity index (χ2v) is 7.69. The molecule has 0 spiro atoms. The highest BCUT2D eigenvalue weighted by atomic mass is 16.6. The van der Waals surface area contributed by atoms with Crippen molar-refractivity contribution in [2.75, 3.05) is 10.6 Å². The van der Waals surface area contributed by atoms with Crippen LogP contribution in [0.3, 0.4) is 0 Å². The van der Waals surface area contributed by atoms with Gasteiger partial charge in [0.2, 0.25) is 0 Å². The molecule has 0 aromatic heterocycles. The van der Waals surface area contributed by atoms with Crippen molar-refractivity contribution < 1.29 is 14.6 Å². The maximum Gasteiger partial charge on any atom is 0.299 e. The van der Waals surface area contributed by atoms with Crippen LogP contribution in [0.15, 0.2) is 84.9 Å². The Morgan fingerprint density at radius 1 is 0.765 bits per heavy atom. The van der Waals surface area contributed by atoms with E-state index in [0.717, 1.165) is 22.4 Å². The average molecular weight is 456 g/mol. The van der Waals surface area contributed by atoms with E-state index in [1.165, 1.54) is 6.07 Å². The minimum absolute atomic E-state index is 0.0552. The summed E-state index contributed by atoms with van der Waals surface area (Å²) in [5, 5.41) is 31.0. The van der Waals surface area contributed by atoms with Gasteiger partial charge in [-0.25, -0.2) is 0 Å². The number of fused-ring (bicyclic) bond motifs is 1. The number of carbonyl (C=O) groups excluding carboxylic acids is 1. The van der Waals surface area contributed by atoms with Crippen LogP contribution in [0.2, 0.25) is 0 Å². The van der Waals surface area contributed by atoms with Gasteiger partial charge in [-0.15, -0.1) is 0 Å². The van der Waals surface area contributed by atoms with Gasteiger partial charge in [-0.2, -0.15) is 0 Å². The van der Waals surface area contributed by atoms with Crippen LogP contribution in [0.4, 0.5) is 22.7 Å². The van der Waals surface area contributed by atoms with E-state index in [1.807, 2.05) is 49.4 Å². The van der Waals surface area contributed by atoms with E-state index in [-0.39, 0.29) is 17.4 Å². The number of nitrogens with zero attached hydrogens (tertiary/aromatic N) is 2. The molecule has 170 valence electrons. The van der Waals surface area contributed by atoms with Crippen molar-refractivity contribution in [3.8, 4) is 0 Å². The van der Waals surface area contributed by atoms with Crippen molar-refractivity contribution in [1.82, 2.24) is 0 Å². The zero-order chi connectivity index (χ0) is 24.2. The average Bonchev–Trinajstić information content (AvgIpc) is 2.84. The van der Waals surface area contributed by atoms with E-state index in [9.17, 15) is 25.0 Å². The molecule has 0 fully saturated rings. The molecular weight excluding hydrogens is 436 g/mol. The molecule has 4 rings (SSSR count). The number of hydrogen-bond acceptors (Lipinski definition) is 6. The summed E-state index contributed by atoms with van der Waals surface area (Å²) in [6.45, 7) is 1.83. The van der Waals surface area contributed by atoms with Gasteiger partial charge in [0, 0.05) is 11.6 Å². The lowest BCUT2D eigenvalue weighted by atomic mass is 10.0. The molecule has 9 nitrogen and oxygen atoms in total. The fourth-order valence-electron chi connectivity index (χ4n) is 3.67. The van der Waals surface area contributed by atoms with Crippen molar-refractivity contribution in [3.05, 3.63) is 116 Å². The van der Waals surface area contributed by atoms with Gasteiger partial charge in [-0.3, -0.25) is 25.0 Å². The molecule has 0 saturated carbocycles. The second kappa shape index (κ2) is 9.37. The van der Waals surface area contributed by atoms with E-state index in [1.54, 1.807) is 30.3 Å². The molecular formula is C25H20N4O5. The SMILES string of the molecule is CC(Nc1cc(NC(=O)c2ccccc2)c([N+](=O)[O-])cc1[N+](=O)[O-])c1ccc2ccccc2c1. The summed E-state index contributed by atoms with van der Waals surface area (Å²) in [5.41, 5.74) is 0.0598. The van der Waals surface area contributed by atoms with Crippen LogP contribution in [0, 0.1) is 20.2 Å². The number of anilines is 2. The van der Waals surface area contributed by atoms with Gasteiger partial charge in [-0.1, -0.05) is 54.6 Å². The molecule has 4 aromatic rings. The van der Waals surface area contributed by atoms with Crippen LogP contribution in [0.25, 0.3) is 10.8 Å². The molecule has 1 atom stereocenters. The number of benzene rings is 4. The summed E-state index contributed by atoms with van der Waals surface area (Å²) in [7, 11) is 0. The van der Waals surface area contributed by atoms with Crippen molar-refractivity contribution in [3.63, 3.8) is 0 Å². The third kappa shape index (κ3) is 4.68. The van der Waals surface area contributed by atoms with Gasteiger partial charge in [0.25, 0.3) is 17.3 Å². The normalized spacial score (nSPS) is 11.6.